The lowest BCUT2D eigenvalue weighted by Gasteiger charge is -1.97. The van der Waals surface area contributed by atoms with Gasteiger partial charge in [0.15, 0.2) is 5.65 Å². The van der Waals surface area contributed by atoms with Gasteiger partial charge < -0.3 is 0 Å². The molecule has 0 unspecified atom stereocenters. The summed E-state index contributed by atoms with van der Waals surface area (Å²) in [5.41, 5.74) is 2.22. The minimum absolute atomic E-state index is 0.354. The highest BCUT2D eigenvalue weighted by Gasteiger charge is 2.08. The van der Waals surface area contributed by atoms with Gasteiger partial charge in [0, 0.05) is 12.4 Å². The summed E-state index contributed by atoms with van der Waals surface area (Å²) >= 11 is 5.79. The summed E-state index contributed by atoms with van der Waals surface area (Å²) in [4.78, 5) is 12.4. The van der Waals surface area contributed by atoms with E-state index in [4.69, 9.17) is 11.6 Å². The molecule has 6 heteroatoms. The van der Waals surface area contributed by atoms with E-state index >= 15 is 0 Å². The van der Waals surface area contributed by atoms with Gasteiger partial charge in [-0.1, -0.05) is 11.6 Å². The Morgan fingerprint density at radius 3 is 3.00 bits per heavy atom. The average molecular weight is 232 g/mol. The van der Waals surface area contributed by atoms with Gasteiger partial charge in [0.2, 0.25) is 0 Å². The maximum Gasteiger partial charge on any atom is 0.164 e. The van der Waals surface area contributed by atoms with Crippen molar-refractivity contribution in [2.75, 3.05) is 0 Å². The topological polar surface area (TPSA) is 56.0 Å². The van der Waals surface area contributed by atoms with E-state index in [1.54, 1.807) is 23.1 Å². The lowest BCUT2D eigenvalue weighted by Crippen LogP contribution is -1.89. The summed E-state index contributed by atoms with van der Waals surface area (Å²) in [5.74, 6) is 0. The second-order valence-corrected chi connectivity index (χ2v) is 3.56. The van der Waals surface area contributed by atoms with Crippen LogP contribution in [0, 0.1) is 0 Å². The number of hydrogen-bond acceptors (Lipinski definition) is 4. The Morgan fingerprint density at radius 1 is 1.19 bits per heavy atom. The van der Waals surface area contributed by atoms with Crippen molar-refractivity contribution in [1.82, 2.24) is 24.6 Å². The summed E-state index contributed by atoms with van der Waals surface area (Å²) in [6.45, 7) is 0. The van der Waals surface area contributed by atoms with Crippen LogP contribution in [0.4, 0.5) is 0 Å². The average Bonchev–Trinajstić information content (AvgIpc) is 2.72. The molecule has 0 bridgehead atoms. The number of rotatable bonds is 1. The summed E-state index contributed by atoms with van der Waals surface area (Å²) in [6, 6.07) is 1.81. The second kappa shape index (κ2) is 3.53. The van der Waals surface area contributed by atoms with Crippen LogP contribution >= 0.6 is 11.6 Å². The zero-order valence-corrected chi connectivity index (χ0v) is 8.83. The Kier molecular flexibility index (Phi) is 2.04. The molecule has 3 aromatic heterocycles. The molecular formula is C10H6ClN5. The molecule has 3 heterocycles. The van der Waals surface area contributed by atoms with E-state index in [0.29, 0.717) is 10.8 Å². The SMILES string of the molecule is Clc1cncc(-c2cnn3cccnc23)n1. The van der Waals surface area contributed by atoms with Crippen LogP contribution in [0.25, 0.3) is 16.9 Å². The lowest BCUT2D eigenvalue weighted by atomic mass is 10.2. The molecule has 0 radical (unpaired) electrons. The smallest absolute Gasteiger partial charge is 0.164 e. The summed E-state index contributed by atoms with van der Waals surface area (Å²) in [6.07, 6.45) is 8.35. The zero-order chi connectivity index (χ0) is 11.0. The molecule has 0 amide bonds. The van der Waals surface area contributed by atoms with Crippen molar-refractivity contribution in [1.29, 1.82) is 0 Å². The molecule has 0 saturated carbocycles. The molecule has 16 heavy (non-hydrogen) atoms. The summed E-state index contributed by atoms with van der Waals surface area (Å²) < 4.78 is 1.68. The molecule has 3 aromatic rings. The molecule has 5 nitrogen and oxygen atoms in total. The highest BCUT2D eigenvalue weighted by Crippen LogP contribution is 2.20. The summed E-state index contributed by atoms with van der Waals surface area (Å²) in [5, 5.41) is 4.52. The lowest BCUT2D eigenvalue weighted by molar-refractivity contribution is 0.939. The normalized spacial score (nSPS) is 10.8. The Bertz CT molecular complexity index is 648. The van der Waals surface area contributed by atoms with E-state index in [0.717, 1.165) is 11.2 Å². The van der Waals surface area contributed by atoms with E-state index in [-0.39, 0.29) is 0 Å². The monoisotopic (exact) mass is 231 g/mol. The number of aromatic nitrogens is 5. The fraction of sp³-hybridized carbons (Fsp3) is 0. The van der Waals surface area contributed by atoms with Crippen LogP contribution in [0.3, 0.4) is 0 Å². The van der Waals surface area contributed by atoms with Gasteiger partial charge in [-0.2, -0.15) is 5.10 Å². The fourth-order valence-electron chi connectivity index (χ4n) is 1.48. The van der Waals surface area contributed by atoms with Crippen LogP contribution in [-0.4, -0.2) is 24.6 Å². The minimum Gasteiger partial charge on any atom is -0.259 e. The molecule has 0 fully saturated rings. The molecule has 0 aliphatic rings. The predicted octanol–water partition coefficient (Wildman–Crippen LogP) is 1.84. The van der Waals surface area contributed by atoms with Crippen LogP contribution in [0.15, 0.2) is 37.1 Å². The van der Waals surface area contributed by atoms with Crippen LogP contribution in [0.1, 0.15) is 0 Å². The Balaban J connectivity index is 2.26. The van der Waals surface area contributed by atoms with Crippen molar-refractivity contribution in [3.63, 3.8) is 0 Å². The highest BCUT2D eigenvalue weighted by atomic mass is 35.5. The van der Waals surface area contributed by atoms with Gasteiger partial charge in [0.25, 0.3) is 0 Å². The van der Waals surface area contributed by atoms with Gasteiger partial charge in [-0.25, -0.2) is 14.5 Å². The van der Waals surface area contributed by atoms with Gasteiger partial charge in [0.1, 0.15) is 5.15 Å². The third kappa shape index (κ3) is 1.42. The summed E-state index contributed by atoms with van der Waals surface area (Å²) in [7, 11) is 0. The van der Waals surface area contributed by atoms with Crippen molar-refractivity contribution < 1.29 is 0 Å². The molecule has 0 aliphatic heterocycles. The first kappa shape index (κ1) is 9.23. The number of halogens is 1. The Hall–Kier alpha value is -2.01. The van der Waals surface area contributed by atoms with E-state index < -0.39 is 0 Å². The third-order valence-electron chi connectivity index (χ3n) is 2.16. The van der Waals surface area contributed by atoms with Crippen LogP contribution < -0.4 is 0 Å². The van der Waals surface area contributed by atoms with Crippen LogP contribution in [-0.2, 0) is 0 Å². The van der Waals surface area contributed by atoms with Crippen LogP contribution in [0.2, 0.25) is 5.15 Å². The minimum atomic E-state index is 0.354. The molecule has 0 atom stereocenters. The molecule has 78 valence electrons. The van der Waals surface area contributed by atoms with Gasteiger partial charge in [0.05, 0.1) is 29.8 Å². The van der Waals surface area contributed by atoms with E-state index in [9.17, 15) is 0 Å². The molecular weight excluding hydrogens is 226 g/mol. The van der Waals surface area contributed by atoms with Crippen molar-refractivity contribution in [2.45, 2.75) is 0 Å². The molecule has 0 aromatic carbocycles. The number of hydrogen-bond donors (Lipinski definition) is 0. The number of fused-ring (bicyclic) bond motifs is 1. The number of nitrogens with zero attached hydrogens (tertiary/aromatic N) is 5. The molecule has 0 N–H and O–H groups in total. The van der Waals surface area contributed by atoms with Crippen LogP contribution in [0.5, 0.6) is 0 Å². The van der Waals surface area contributed by atoms with Gasteiger partial charge in [-0.15, -0.1) is 0 Å². The largest absolute Gasteiger partial charge is 0.259 e. The molecule has 3 rings (SSSR count). The second-order valence-electron chi connectivity index (χ2n) is 3.17. The molecule has 0 aliphatic carbocycles. The van der Waals surface area contributed by atoms with E-state index in [1.165, 1.54) is 6.20 Å². The maximum absolute atomic E-state index is 5.79. The molecule has 0 saturated heterocycles. The van der Waals surface area contributed by atoms with E-state index in [1.807, 2.05) is 12.3 Å². The first-order valence-electron chi connectivity index (χ1n) is 4.61. The van der Waals surface area contributed by atoms with Crippen molar-refractivity contribution in [3.8, 4) is 11.3 Å². The fourth-order valence-corrected chi connectivity index (χ4v) is 1.63. The predicted molar refractivity (Wildman–Crippen MR) is 59.0 cm³/mol. The Labute approximate surface area is 95.8 Å². The zero-order valence-electron chi connectivity index (χ0n) is 8.08. The highest BCUT2D eigenvalue weighted by molar-refractivity contribution is 6.29. The third-order valence-corrected chi connectivity index (χ3v) is 2.34. The first-order chi connectivity index (χ1) is 7.84. The standard InChI is InChI=1S/C10H6ClN5/c11-9-6-12-5-8(15-9)7-4-14-16-3-1-2-13-10(7)16/h1-6H. The van der Waals surface area contributed by atoms with E-state index in [2.05, 4.69) is 20.1 Å². The van der Waals surface area contributed by atoms with Crippen molar-refractivity contribution in [3.05, 3.63) is 42.2 Å². The maximum atomic E-state index is 5.79. The molecule has 0 spiro atoms. The van der Waals surface area contributed by atoms with Crippen molar-refractivity contribution in [2.24, 2.45) is 0 Å². The van der Waals surface area contributed by atoms with Gasteiger partial charge in [-0.05, 0) is 6.07 Å². The van der Waals surface area contributed by atoms with Gasteiger partial charge >= 0.3 is 0 Å². The van der Waals surface area contributed by atoms with Gasteiger partial charge in [-0.3, -0.25) is 4.98 Å². The first-order valence-corrected chi connectivity index (χ1v) is 4.99. The quantitative estimate of drug-likeness (QED) is 0.641. The van der Waals surface area contributed by atoms with Crippen molar-refractivity contribution >= 4 is 17.2 Å². The Morgan fingerprint density at radius 2 is 2.12 bits per heavy atom.